The zero-order chi connectivity index (χ0) is 21.7. The van der Waals surface area contributed by atoms with Crippen molar-refractivity contribution in [3.05, 3.63) is 0 Å². The van der Waals surface area contributed by atoms with Crippen LogP contribution in [0.4, 0.5) is 0 Å². The van der Waals surface area contributed by atoms with E-state index in [1.54, 1.807) is 4.90 Å². The van der Waals surface area contributed by atoms with E-state index in [4.69, 9.17) is 9.73 Å². The first-order valence-corrected chi connectivity index (χ1v) is 11.2. The van der Waals surface area contributed by atoms with Gasteiger partial charge in [0, 0.05) is 45.8 Å². The number of nitrogens with one attached hydrogen (secondary N) is 2. The number of aliphatic imine (C=N–C) groups is 1. The average Bonchev–Trinajstić information content (AvgIpc) is 3.12. The number of guanidine groups is 1. The van der Waals surface area contributed by atoms with Gasteiger partial charge in [-0.25, -0.2) is 0 Å². The molecule has 2 aliphatic rings. The van der Waals surface area contributed by atoms with Gasteiger partial charge in [0.05, 0.1) is 24.2 Å². The van der Waals surface area contributed by atoms with E-state index in [1.807, 2.05) is 14.1 Å². The first-order chi connectivity index (χ1) is 13.6. The second kappa shape index (κ2) is 10.1. The van der Waals surface area contributed by atoms with Crippen LogP contribution in [0.1, 0.15) is 60.3 Å². The number of nitrogens with zero attached hydrogens (tertiary/aromatic N) is 3. The van der Waals surface area contributed by atoms with Crippen LogP contribution >= 0.6 is 0 Å². The Morgan fingerprint density at radius 3 is 2.28 bits per heavy atom. The Kier molecular flexibility index (Phi) is 8.35. The number of morpholine rings is 1. The van der Waals surface area contributed by atoms with Crippen LogP contribution in [0.2, 0.25) is 0 Å². The molecule has 7 nitrogen and oxygen atoms in total. The largest absolute Gasteiger partial charge is 0.373 e. The normalized spacial score (nSPS) is 25.7. The monoisotopic (exact) mass is 409 g/mol. The zero-order valence-corrected chi connectivity index (χ0v) is 19.7. The van der Waals surface area contributed by atoms with Crippen molar-refractivity contribution in [2.45, 2.75) is 78.0 Å². The second-order valence-electron chi connectivity index (χ2n) is 9.71. The van der Waals surface area contributed by atoms with E-state index in [9.17, 15) is 4.79 Å². The molecule has 2 N–H and O–H groups in total. The average molecular weight is 410 g/mol. The van der Waals surface area contributed by atoms with Crippen molar-refractivity contribution >= 4 is 11.9 Å². The third-order valence-electron chi connectivity index (χ3n) is 6.26. The van der Waals surface area contributed by atoms with Crippen molar-refractivity contribution < 1.29 is 9.53 Å². The fourth-order valence-electron chi connectivity index (χ4n) is 4.63. The molecule has 0 aromatic heterocycles. The molecule has 2 rings (SSSR count). The summed E-state index contributed by atoms with van der Waals surface area (Å²) in [5, 5.41) is 6.84. The van der Waals surface area contributed by atoms with E-state index < -0.39 is 0 Å². The number of hydrogen-bond acceptors (Lipinski definition) is 4. The minimum Gasteiger partial charge on any atom is -0.373 e. The molecule has 0 spiro atoms. The fraction of sp³-hybridized carbons (Fsp3) is 0.909. The Hall–Kier alpha value is -1.34. The molecule has 2 unspecified atom stereocenters. The van der Waals surface area contributed by atoms with Gasteiger partial charge in [0.1, 0.15) is 0 Å². The van der Waals surface area contributed by atoms with Crippen LogP contribution in [0.5, 0.6) is 0 Å². The van der Waals surface area contributed by atoms with Gasteiger partial charge in [-0.05, 0) is 47.5 Å². The van der Waals surface area contributed by atoms with Crippen molar-refractivity contribution in [3.63, 3.8) is 0 Å². The summed E-state index contributed by atoms with van der Waals surface area (Å²) in [4.78, 5) is 21.9. The minimum absolute atomic E-state index is 0.0564. The zero-order valence-electron chi connectivity index (χ0n) is 19.7. The first-order valence-electron chi connectivity index (χ1n) is 11.2. The molecular weight excluding hydrogens is 366 g/mol. The van der Waals surface area contributed by atoms with Gasteiger partial charge in [-0.1, -0.05) is 12.8 Å². The van der Waals surface area contributed by atoms with Gasteiger partial charge in [0.2, 0.25) is 5.91 Å². The maximum atomic E-state index is 12.8. The molecule has 0 radical (unpaired) electrons. The van der Waals surface area contributed by atoms with Gasteiger partial charge < -0.3 is 20.3 Å². The van der Waals surface area contributed by atoms with Crippen LogP contribution in [-0.4, -0.2) is 86.2 Å². The van der Waals surface area contributed by atoms with Crippen LogP contribution in [0.3, 0.4) is 0 Å². The summed E-state index contributed by atoms with van der Waals surface area (Å²) in [6, 6.07) is 0. The second-order valence-corrected chi connectivity index (χ2v) is 9.71. The number of amides is 1. The smallest absolute Gasteiger partial charge is 0.230 e. The molecule has 1 heterocycles. The van der Waals surface area contributed by atoms with Gasteiger partial charge in [0.15, 0.2) is 5.96 Å². The number of ether oxygens (including phenoxy) is 1. The van der Waals surface area contributed by atoms with E-state index in [1.165, 1.54) is 0 Å². The van der Waals surface area contributed by atoms with Gasteiger partial charge in [-0.2, -0.15) is 0 Å². The Balaban J connectivity index is 2.04. The predicted molar refractivity (Wildman–Crippen MR) is 119 cm³/mol. The van der Waals surface area contributed by atoms with Crippen molar-refractivity contribution in [3.8, 4) is 0 Å². The summed E-state index contributed by atoms with van der Waals surface area (Å²) in [7, 11) is 3.71. The third-order valence-corrected chi connectivity index (χ3v) is 6.26. The van der Waals surface area contributed by atoms with Crippen molar-refractivity contribution in [1.82, 2.24) is 20.4 Å². The van der Waals surface area contributed by atoms with Crippen LogP contribution in [-0.2, 0) is 9.53 Å². The Labute approximate surface area is 177 Å². The van der Waals surface area contributed by atoms with E-state index in [2.05, 4.69) is 50.2 Å². The molecule has 0 bridgehead atoms. The van der Waals surface area contributed by atoms with E-state index >= 15 is 0 Å². The lowest BCUT2D eigenvalue weighted by molar-refractivity contribution is -0.138. The van der Waals surface area contributed by atoms with E-state index in [0.29, 0.717) is 13.1 Å². The predicted octanol–water partition coefficient (Wildman–Crippen LogP) is 2.08. The molecule has 2 atom stereocenters. The van der Waals surface area contributed by atoms with Crippen molar-refractivity contribution in [2.75, 3.05) is 46.8 Å². The highest BCUT2D eigenvalue weighted by Crippen LogP contribution is 2.38. The summed E-state index contributed by atoms with van der Waals surface area (Å²) < 4.78 is 5.89. The van der Waals surface area contributed by atoms with Gasteiger partial charge in [0.25, 0.3) is 0 Å². The van der Waals surface area contributed by atoms with E-state index in [0.717, 1.165) is 51.3 Å². The fourth-order valence-corrected chi connectivity index (χ4v) is 4.63. The topological polar surface area (TPSA) is 69.2 Å². The Morgan fingerprint density at radius 1 is 1.17 bits per heavy atom. The first kappa shape index (κ1) is 23.9. The number of carbonyl (C=O) groups excluding carboxylic acids is 1. The van der Waals surface area contributed by atoms with E-state index in [-0.39, 0.29) is 29.1 Å². The standard InChI is InChI=1S/C22H43N5O2/c1-8-23-20(25-16-22(11-9-10-12-22)19(28)26(6)7)24-15-21(4,5)27-13-17(2)29-18(3)14-27/h17-18H,8-16H2,1-7H3,(H2,23,24,25). The molecule has 168 valence electrons. The van der Waals surface area contributed by atoms with Crippen molar-refractivity contribution in [1.29, 1.82) is 0 Å². The number of hydrogen-bond donors (Lipinski definition) is 2. The van der Waals surface area contributed by atoms with Gasteiger partial charge in [-0.3, -0.25) is 14.7 Å². The van der Waals surface area contributed by atoms with Crippen LogP contribution in [0.15, 0.2) is 4.99 Å². The molecule has 1 aliphatic carbocycles. The highest BCUT2D eigenvalue weighted by atomic mass is 16.5. The van der Waals surface area contributed by atoms with Crippen LogP contribution in [0.25, 0.3) is 0 Å². The summed E-state index contributed by atoms with van der Waals surface area (Å²) in [6.45, 7) is 14.8. The van der Waals surface area contributed by atoms with Gasteiger partial charge in [-0.15, -0.1) is 0 Å². The third kappa shape index (κ3) is 6.32. The lowest BCUT2D eigenvalue weighted by Crippen LogP contribution is -2.56. The maximum absolute atomic E-state index is 12.8. The van der Waals surface area contributed by atoms with Crippen molar-refractivity contribution in [2.24, 2.45) is 10.4 Å². The van der Waals surface area contributed by atoms with Crippen LogP contribution in [0, 0.1) is 5.41 Å². The molecule has 7 heteroatoms. The molecule has 1 aliphatic heterocycles. The lowest BCUT2D eigenvalue weighted by Gasteiger charge is -2.44. The Morgan fingerprint density at radius 2 is 1.76 bits per heavy atom. The molecule has 29 heavy (non-hydrogen) atoms. The van der Waals surface area contributed by atoms with Gasteiger partial charge >= 0.3 is 0 Å². The quantitative estimate of drug-likeness (QED) is 0.498. The molecule has 1 amide bonds. The lowest BCUT2D eigenvalue weighted by atomic mass is 9.84. The molecule has 0 aromatic rings. The highest BCUT2D eigenvalue weighted by Gasteiger charge is 2.42. The van der Waals surface area contributed by atoms with Crippen LogP contribution < -0.4 is 10.6 Å². The Bertz CT molecular complexity index is 560. The molecule has 0 aromatic carbocycles. The summed E-state index contributed by atoms with van der Waals surface area (Å²) in [6.07, 6.45) is 4.63. The molecule has 1 saturated carbocycles. The molecule has 2 fully saturated rings. The molecular formula is C22H43N5O2. The minimum atomic E-state index is -0.301. The summed E-state index contributed by atoms with van der Waals surface area (Å²) in [5.41, 5.74) is -0.358. The summed E-state index contributed by atoms with van der Waals surface area (Å²) >= 11 is 0. The number of carbonyl (C=O) groups is 1. The number of rotatable bonds is 7. The maximum Gasteiger partial charge on any atom is 0.230 e. The summed E-state index contributed by atoms with van der Waals surface area (Å²) in [5.74, 6) is 1.03. The SMILES string of the molecule is CCNC(=NCC(C)(C)N1CC(C)OC(C)C1)NCC1(C(=O)N(C)C)CCCC1. The molecule has 1 saturated heterocycles. The highest BCUT2D eigenvalue weighted by molar-refractivity contribution is 5.85.